The molecule has 0 unspecified atom stereocenters. The Bertz CT molecular complexity index is 686. The van der Waals surface area contributed by atoms with Crippen LogP contribution < -0.4 is 10.3 Å². The third kappa shape index (κ3) is 2.08. The zero-order valence-electron chi connectivity index (χ0n) is 9.55. The SMILES string of the molecule is COc1ccc(Cl)cc1-n1cccc(C#N)c1=O. The molecule has 0 aliphatic rings. The molecule has 0 atom stereocenters. The van der Waals surface area contributed by atoms with Crippen LogP contribution in [0.1, 0.15) is 5.56 Å². The van der Waals surface area contributed by atoms with E-state index in [-0.39, 0.29) is 5.56 Å². The lowest BCUT2D eigenvalue weighted by Crippen LogP contribution is -2.20. The Morgan fingerprint density at radius 1 is 1.39 bits per heavy atom. The highest BCUT2D eigenvalue weighted by molar-refractivity contribution is 6.30. The van der Waals surface area contributed by atoms with Crippen LogP contribution in [0.25, 0.3) is 5.69 Å². The quantitative estimate of drug-likeness (QED) is 0.833. The van der Waals surface area contributed by atoms with Crippen molar-refractivity contribution in [1.82, 2.24) is 4.57 Å². The Morgan fingerprint density at radius 3 is 2.83 bits per heavy atom. The van der Waals surface area contributed by atoms with Gasteiger partial charge in [0.25, 0.3) is 5.56 Å². The predicted octanol–water partition coefficient (Wildman–Crippen LogP) is 2.37. The molecule has 0 N–H and O–H groups in total. The van der Waals surface area contributed by atoms with Crippen molar-refractivity contribution < 1.29 is 4.74 Å². The summed E-state index contributed by atoms with van der Waals surface area (Å²) in [6.45, 7) is 0. The second-order valence-corrected chi connectivity index (χ2v) is 3.96. The Kier molecular flexibility index (Phi) is 3.35. The van der Waals surface area contributed by atoms with Crippen LogP contribution in [0.15, 0.2) is 41.3 Å². The lowest BCUT2D eigenvalue weighted by molar-refractivity contribution is 0.412. The Balaban J connectivity index is 2.74. The average molecular weight is 261 g/mol. The molecule has 0 fully saturated rings. The van der Waals surface area contributed by atoms with Crippen molar-refractivity contribution in [2.24, 2.45) is 0 Å². The van der Waals surface area contributed by atoms with Crippen LogP contribution >= 0.6 is 11.6 Å². The maximum Gasteiger partial charge on any atom is 0.273 e. The molecule has 90 valence electrons. The van der Waals surface area contributed by atoms with Crippen LogP contribution in [0.4, 0.5) is 0 Å². The highest BCUT2D eigenvalue weighted by atomic mass is 35.5. The van der Waals surface area contributed by atoms with Gasteiger partial charge in [-0.15, -0.1) is 0 Å². The Morgan fingerprint density at radius 2 is 2.17 bits per heavy atom. The number of halogens is 1. The average Bonchev–Trinajstić information content (AvgIpc) is 2.39. The van der Waals surface area contributed by atoms with Gasteiger partial charge in [0, 0.05) is 11.2 Å². The fraction of sp³-hybridized carbons (Fsp3) is 0.0769. The molecule has 4 nitrogen and oxygen atoms in total. The van der Waals surface area contributed by atoms with Crippen molar-refractivity contribution in [3.63, 3.8) is 0 Å². The Labute approximate surface area is 109 Å². The largest absolute Gasteiger partial charge is 0.495 e. The van der Waals surface area contributed by atoms with Gasteiger partial charge < -0.3 is 4.74 Å². The van der Waals surface area contributed by atoms with E-state index in [2.05, 4.69) is 0 Å². The van der Waals surface area contributed by atoms with Gasteiger partial charge >= 0.3 is 0 Å². The van der Waals surface area contributed by atoms with Crippen LogP contribution in [-0.2, 0) is 0 Å². The summed E-state index contributed by atoms with van der Waals surface area (Å²) in [5.41, 5.74) is 0.173. The molecule has 1 heterocycles. The van der Waals surface area contributed by atoms with E-state index in [1.165, 1.54) is 17.7 Å². The first-order valence-electron chi connectivity index (χ1n) is 5.13. The van der Waals surface area contributed by atoms with Crippen molar-refractivity contribution in [3.05, 3.63) is 57.5 Å². The van der Waals surface area contributed by atoms with Crippen molar-refractivity contribution >= 4 is 11.6 Å². The van der Waals surface area contributed by atoms with Gasteiger partial charge in [-0.25, -0.2) is 0 Å². The van der Waals surface area contributed by atoms with Crippen LogP contribution in [0.5, 0.6) is 5.75 Å². The van der Waals surface area contributed by atoms with Gasteiger partial charge in [-0.2, -0.15) is 5.26 Å². The maximum absolute atomic E-state index is 12.0. The number of aromatic nitrogens is 1. The number of benzene rings is 1. The zero-order valence-corrected chi connectivity index (χ0v) is 10.3. The summed E-state index contributed by atoms with van der Waals surface area (Å²) in [6, 6.07) is 9.90. The van der Waals surface area contributed by atoms with Crippen molar-refractivity contribution in [1.29, 1.82) is 5.26 Å². The van der Waals surface area contributed by atoms with Gasteiger partial charge in [0.1, 0.15) is 17.4 Å². The summed E-state index contributed by atoms with van der Waals surface area (Å²) in [7, 11) is 1.51. The van der Waals surface area contributed by atoms with E-state index in [1.807, 2.05) is 6.07 Å². The van der Waals surface area contributed by atoms with Gasteiger partial charge in [-0.1, -0.05) is 11.6 Å². The smallest absolute Gasteiger partial charge is 0.273 e. The summed E-state index contributed by atoms with van der Waals surface area (Å²) >= 11 is 5.91. The summed E-state index contributed by atoms with van der Waals surface area (Å²) in [6.07, 6.45) is 1.57. The second kappa shape index (κ2) is 4.94. The number of pyridine rings is 1. The molecule has 0 saturated carbocycles. The van der Waals surface area contributed by atoms with Gasteiger partial charge in [-0.3, -0.25) is 9.36 Å². The number of nitrogens with zero attached hydrogens (tertiary/aromatic N) is 2. The highest BCUT2D eigenvalue weighted by Crippen LogP contribution is 2.25. The van der Waals surface area contributed by atoms with Crippen LogP contribution in [0, 0.1) is 11.3 Å². The number of nitriles is 1. The molecule has 0 spiro atoms. The van der Waals surface area contributed by atoms with E-state index < -0.39 is 5.56 Å². The van der Waals surface area contributed by atoms with Crippen LogP contribution in [-0.4, -0.2) is 11.7 Å². The monoisotopic (exact) mass is 260 g/mol. The molecule has 5 heteroatoms. The fourth-order valence-electron chi connectivity index (χ4n) is 1.62. The van der Waals surface area contributed by atoms with Crippen molar-refractivity contribution in [3.8, 4) is 17.5 Å². The molecule has 0 aliphatic heterocycles. The minimum atomic E-state index is -0.402. The molecule has 1 aromatic heterocycles. The first-order chi connectivity index (χ1) is 8.67. The molecular formula is C13H9ClN2O2. The molecule has 2 rings (SSSR count). The molecule has 2 aromatic rings. The van der Waals surface area contributed by atoms with Gasteiger partial charge in [0.15, 0.2) is 0 Å². The first kappa shape index (κ1) is 12.2. The van der Waals surface area contributed by atoms with Crippen molar-refractivity contribution in [2.75, 3.05) is 7.11 Å². The number of rotatable bonds is 2. The minimum Gasteiger partial charge on any atom is -0.495 e. The third-order valence-electron chi connectivity index (χ3n) is 2.47. The molecule has 0 radical (unpaired) electrons. The summed E-state index contributed by atoms with van der Waals surface area (Å²) in [5.74, 6) is 0.511. The Hall–Kier alpha value is -2.25. The summed E-state index contributed by atoms with van der Waals surface area (Å²) in [4.78, 5) is 12.0. The zero-order chi connectivity index (χ0) is 13.1. The standard InChI is InChI=1S/C13H9ClN2O2/c1-18-12-5-4-10(14)7-11(12)16-6-2-3-9(8-15)13(16)17/h2-7H,1H3. The topological polar surface area (TPSA) is 55.0 Å². The molecule has 18 heavy (non-hydrogen) atoms. The summed E-state index contributed by atoms with van der Waals surface area (Å²) in [5, 5.41) is 9.34. The van der Waals surface area contributed by atoms with E-state index in [0.29, 0.717) is 16.5 Å². The number of methoxy groups -OCH3 is 1. The maximum atomic E-state index is 12.0. The normalized spacial score (nSPS) is 9.83. The lowest BCUT2D eigenvalue weighted by Gasteiger charge is -2.11. The van der Waals surface area contributed by atoms with E-state index >= 15 is 0 Å². The number of hydrogen-bond acceptors (Lipinski definition) is 3. The molecule has 0 amide bonds. The van der Waals surface area contributed by atoms with Crippen molar-refractivity contribution in [2.45, 2.75) is 0 Å². The fourth-order valence-corrected chi connectivity index (χ4v) is 1.79. The van der Waals surface area contributed by atoms with E-state index in [0.717, 1.165) is 0 Å². The lowest BCUT2D eigenvalue weighted by atomic mass is 10.2. The predicted molar refractivity (Wildman–Crippen MR) is 68.3 cm³/mol. The van der Waals surface area contributed by atoms with Gasteiger partial charge in [0.2, 0.25) is 0 Å². The third-order valence-corrected chi connectivity index (χ3v) is 2.70. The minimum absolute atomic E-state index is 0.0690. The van der Waals surface area contributed by atoms with Gasteiger partial charge in [-0.05, 0) is 30.3 Å². The number of hydrogen-bond donors (Lipinski definition) is 0. The molecule has 1 aromatic carbocycles. The molecule has 0 bridgehead atoms. The van der Waals surface area contributed by atoms with E-state index in [1.54, 1.807) is 30.5 Å². The van der Waals surface area contributed by atoms with Gasteiger partial charge in [0.05, 0.1) is 12.8 Å². The molecule has 0 aliphatic carbocycles. The highest BCUT2D eigenvalue weighted by Gasteiger charge is 2.09. The second-order valence-electron chi connectivity index (χ2n) is 3.52. The van der Waals surface area contributed by atoms with Crippen LogP contribution in [0.3, 0.4) is 0 Å². The van der Waals surface area contributed by atoms with Crippen LogP contribution in [0.2, 0.25) is 5.02 Å². The molecule has 0 saturated heterocycles. The first-order valence-corrected chi connectivity index (χ1v) is 5.51. The number of ether oxygens (including phenoxy) is 1. The molecular weight excluding hydrogens is 252 g/mol. The van der Waals surface area contributed by atoms with E-state index in [4.69, 9.17) is 21.6 Å². The summed E-state index contributed by atoms with van der Waals surface area (Å²) < 4.78 is 6.52. The van der Waals surface area contributed by atoms with E-state index in [9.17, 15) is 4.79 Å².